The van der Waals surface area contributed by atoms with Crippen molar-refractivity contribution in [1.29, 1.82) is 0 Å². The molecule has 0 unspecified atom stereocenters. The van der Waals surface area contributed by atoms with E-state index in [1.54, 1.807) is 0 Å². The predicted molar refractivity (Wildman–Crippen MR) is 74.2 cm³/mol. The Labute approximate surface area is 111 Å². The van der Waals surface area contributed by atoms with Crippen molar-refractivity contribution in [3.8, 4) is 0 Å². The number of amides is 1. The number of nitrogens with zero attached hydrogens (tertiary/aromatic N) is 1. The van der Waals surface area contributed by atoms with E-state index >= 15 is 0 Å². The van der Waals surface area contributed by atoms with Crippen LogP contribution in [-0.4, -0.2) is 29.4 Å². The lowest BCUT2D eigenvalue weighted by molar-refractivity contribution is -0.144. The van der Waals surface area contributed by atoms with Crippen molar-refractivity contribution in [3.05, 3.63) is 0 Å². The zero-order chi connectivity index (χ0) is 13.0. The number of rotatable bonds is 3. The lowest BCUT2D eigenvalue weighted by atomic mass is 9.83. The van der Waals surface area contributed by atoms with E-state index in [-0.39, 0.29) is 11.5 Å². The molecule has 0 atom stereocenters. The van der Waals surface area contributed by atoms with Crippen molar-refractivity contribution >= 4 is 5.91 Å². The first-order chi connectivity index (χ1) is 8.64. The Morgan fingerprint density at radius 3 is 2.28 bits per heavy atom. The van der Waals surface area contributed by atoms with E-state index in [4.69, 9.17) is 5.73 Å². The Morgan fingerprint density at radius 1 is 1.17 bits per heavy atom. The Kier molecular flexibility index (Phi) is 4.66. The third kappa shape index (κ3) is 3.25. The van der Waals surface area contributed by atoms with E-state index in [9.17, 15) is 4.79 Å². The number of carbonyl (C=O) groups is 1. The van der Waals surface area contributed by atoms with Crippen molar-refractivity contribution in [2.45, 2.75) is 70.3 Å². The van der Waals surface area contributed by atoms with Crippen LogP contribution in [-0.2, 0) is 4.79 Å². The third-order valence-electron chi connectivity index (χ3n) is 4.53. The zero-order valence-corrected chi connectivity index (χ0v) is 11.8. The number of nitrogens with two attached hydrogens (primary N) is 1. The van der Waals surface area contributed by atoms with E-state index in [1.807, 2.05) is 4.90 Å². The van der Waals surface area contributed by atoms with Crippen molar-refractivity contribution in [1.82, 2.24) is 4.90 Å². The van der Waals surface area contributed by atoms with Crippen molar-refractivity contribution in [2.75, 3.05) is 13.1 Å². The van der Waals surface area contributed by atoms with Gasteiger partial charge in [0.25, 0.3) is 0 Å². The van der Waals surface area contributed by atoms with Gasteiger partial charge in [-0.05, 0) is 19.3 Å². The van der Waals surface area contributed by atoms with E-state index in [0.29, 0.717) is 5.91 Å². The quantitative estimate of drug-likeness (QED) is 0.839. The highest BCUT2D eigenvalue weighted by Gasteiger charge is 2.42. The summed E-state index contributed by atoms with van der Waals surface area (Å²) in [5.74, 6) is 0.672. The largest absolute Gasteiger partial charge is 0.339 e. The number of hydrogen-bond acceptors (Lipinski definition) is 2. The van der Waals surface area contributed by atoms with Crippen molar-refractivity contribution < 1.29 is 4.79 Å². The van der Waals surface area contributed by atoms with E-state index in [2.05, 4.69) is 6.92 Å². The van der Waals surface area contributed by atoms with E-state index in [1.165, 1.54) is 32.1 Å². The van der Waals surface area contributed by atoms with Gasteiger partial charge in [0.1, 0.15) is 0 Å². The predicted octanol–water partition coefficient (Wildman–Crippen LogP) is 2.69. The van der Waals surface area contributed by atoms with Gasteiger partial charge in [0.05, 0.1) is 5.54 Å². The first kappa shape index (κ1) is 13.9. The smallest absolute Gasteiger partial charge is 0.225 e. The highest BCUT2D eigenvalue weighted by molar-refractivity contribution is 5.80. The third-order valence-corrected chi connectivity index (χ3v) is 4.53. The summed E-state index contributed by atoms with van der Waals surface area (Å²) in [4.78, 5) is 14.4. The minimum absolute atomic E-state index is 0.0774. The molecule has 18 heavy (non-hydrogen) atoms. The van der Waals surface area contributed by atoms with Crippen LogP contribution in [0.1, 0.15) is 64.7 Å². The molecule has 2 aliphatic rings. The Balaban J connectivity index is 1.81. The van der Waals surface area contributed by atoms with Crippen LogP contribution >= 0.6 is 0 Å². The van der Waals surface area contributed by atoms with Crippen LogP contribution in [0.25, 0.3) is 0 Å². The molecule has 1 saturated carbocycles. The molecule has 1 amide bonds. The maximum atomic E-state index is 12.4. The molecule has 0 spiro atoms. The molecule has 2 N–H and O–H groups in total. The summed E-state index contributed by atoms with van der Waals surface area (Å²) in [6.07, 6.45) is 10.8. The molecule has 0 aromatic rings. The summed E-state index contributed by atoms with van der Waals surface area (Å²) in [5.41, 5.74) is 6.16. The van der Waals surface area contributed by atoms with Crippen molar-refractivity contribution in [2.24, 2.45) is 11.7 Å². The summed E-state index contributed by atoms with van der Waals surface area (Å²) in [5, 5.41) is 0. The van der Waals surface area contributed by atoms with E-state index < -0.39 is 0 Å². The molecule has 0 radical (unpaired) electrons. The van der Waals surface area contributed by atoms with Gasteiger partial charge < -0.3 is 10.6 Å². The summed E-state index contributed by atoms with van der Waals surface area (Å²) in [7, 11) is 0. The molecule has 0 aromatic heterocycles. The van der Waals surface area contributed by atoms with Gasteiger partial charge in [0.2, 0.25) is 5.91 Å². The highest BCUT2D eigenvalue weighted by atomic mass is 16.2. The molecule has 2 rings (SSSR count). The normalized spacial score (nSPS) is 25.1. The molecule has 1 aliphatic carbocycles. The van der Waals surface area contributed by atoms with Crippen LogP contribution in [0.4, 0.5) is 0 Å². The lowest BCUT2D eigenvalue weighted by Gasteiger charge is -2.49. The van der Waals surface area contributed by atoms with E-state index in [0.717, 1.165) is 38.8 Å². The van der Waals surface area contributed by atoms with Crippen LogP contribution in [0.2, 0.25) is 0 Å². The second-order valence-corrected chi connectivity index (χ2v) is 6.35. The molecule has 1 aliphatic heterocycles. The minimum Gasteiger partial charge on any atom is -0.339 e. The van der Waals surface area contributed by atoms with Crippen molar-refractivity contribution in [3.63, 3.8) is 0 Å². The average molecular weight is 252 g/mol. The molecule has 3 nitrogen and oxygen atoms in total. The van der Waals surface area contributed by atoms with Gasteiger partial charge >= 0.3 is 0 Å². The van der Waals surface area contributed by atoms with Crippen LogP contribution in [0.15, 0.2) is 0 Å². The van der Waals surface area contributed by atoms with Gasteiger partial charge in [0.15, 0.2) is 0 Å². The van der Waals surface area contributed by atoms with Crippen LogP contribution in [0, 0.1) is 5.92 Å². The van der Waals surface area contributed by atoms with Gasteiger partial charge in [-0.3, -0.25) is 4.79 Å². The number of hydrogen-bond donors (Lipinski definition) is 1. The number of carbonyl (C=O) groups excluding carboxylic acids is 1. The van der Waals surface area contributed by atoms with Crippen LogP contribution < -0.4 is 5.73 Å². The lowest BCUT2D eigenvalue weighted by Crippen LogP contribution is -2.69. The second-order valence-electron chi connectivity index (χ2n) is 6.35. The summed E-state index contributed by atoms with van der Waals surface area (Å²) in [6, 6.07) is 0. The Hall–Kier alpha value is -0.570. The monoisotopic (exact) mass is 252 g/mol. The van der Waals surface area contributed by atoms with Gasteiger partial charge in [-0.25, -0.2) is 0 Å². The molecule has 0 bridgehead atoms. The van der Waals surface area contributed by atoms with Gasteiger partial charge in [0, 0.05) is 19.0 Å². The van der Waals surface area contributed by atoms with Gasteiger partial charge in [-0.15, -0.1) is 0 Å². The SMILES string of the molecule is CCCC1(N)CN(C(=O)C2CCCCCCC2)C1. The summed E-state index contributed by atoms with van der Waals surface area (Å²) >= 11 is 0. The Morgan fingerprint density at radius 2 is 1.72 bits per heavy atom. The molecule has 1 heterocycles. The topological polar surface area (TPSA) is 46.3 Å². The summed E-state index contributed by atoms with van der Waals surface area (Å²) in [6.45, 7) is 3.74. The van der Waals surface area contributed by atoms with Gasteiger partial charge in [-0.2, -0.15) is 0 Å². The molecule has 3 heteroatoms. The molecular weight excluding hydrogens is 224 g/mol. The minimum atomic E-state index is -0.0774. The fourth-order valence-electron chi connectivity index (χ4n) is 3.49. The molecule has 2 fully saturated rings. The second kappa shape index (κ2) is 6.05. The zero-order valence-electron chi connectivity index (χ0n) is 11.8. The fraction of sp³-hybridized carbons (Fsp3) is 0.933. The van der Waals surface area contributed by atoms with Crippen LogP contribution in [0.3, 0.4) is 0 Å². The molecular formula is C15H28N2O. The maximum absolute atomic E-state index is 12.4. The summed E-state index contributed by atoms with van der Waals surface area (Å²) < 4.78 is 0. The maximum Gasteiger partial charge on any atom is 0.225 e. The van der Waals surface area contributed by atoms with Gasteiger partial charge in [-0.1, -0.05) is 45.4 Å². The molecule has 0 aromatic carbocycles. The first-order valence-electron chi connectivity index (χ1n) is 7.72. The Bertz CT molecular complexity index is 276. The van der Waals surface area contributed by atoms with Crippen LogP contribution in [0.5, 0.6) is 0 Å². The molecule has 104 valence electrons. The fourth-order valence-corrected chi connectivity index (χ4v) is 3.49. The standard InChI is InChI=1S/C15H28N2O/c1-2-10-15(16)11-17(12-15)14(18)13-8-6-4-3-5-7-9-13/h13H,2-12,16H2,1H3. The average Bonchev–Trinajstić information content (AvgIpc) is 2.24. The first-order valence-corrected chi connectivity index (χ1v) is 7.72. The highest BCUT2D eigenvalue weighted by Crippen LogP contribution is 2.29. The molecule has 1 saturated heterocycles. The number of likely N-dealkylation sites (tertiary alicyclic amines) is 1.